The number of nitrogens with zero attached hydrogens (tertiary/aromatic N) is 1. The van der Waals surface area contributed by atoms with Crippen LogP contribution in [0.15, 0.2) is 64.1 Å². The number of halogens is 2. The van der Waals surface area contributed by atoms with Crippen LogP contribution < -0.4 is 5.43 Å². The molecular weight excluding hydrogens is 387 g/mol. The molecule has 0 aliphatic heterocycles. The van der Waals surface area contributed by atoms with Crippen molar-refractivity contribution in [3.8, 4) is 5.75 Å². The Hall–Kier alpha value is -3.02. The monoisotopic (exact) mass is 398 g/mol. The van der Waals surface area contributed by atoms with Gasteiger partial charge < -0.3 is 9.52 Å². The lowest BCUT2D eigenvalue weighted by atomic mass is 10.1. The number of hydrogen-bond donors (Lipinski definition) is 2. The van der Waals surface area contributed by atoms with Gasteiger partial charge in [0, 0.05) is 5.39 Å². The molecule has 1 heterocycles. The zero-order valence-corrected chi connectivity index (χ0v) is 15.3. The molecule has 1 amide bonds. The molecular formula is C20H12Cl2N2O3. The smallest absolute Gasteiger partial charge is 0.307 e. The summed E-state index contributed by atoms with van der Waals surface area (Å²) in [7, 11) is 0. The summed E-state index contributed by atoms with van der Waals surface area (Å²) in [6.45, 7) is 0. The molecule has 5 nitrogen and oxygen atoms in total. The Bertz CT molecular complexity index is 1190. The van der Waals surface area contributed by atoms with Gasteiger partial charge in [-0.15, -0.1) is 0 Å². The molecule has 0 bridgehead atoms. The SMILES string of the molecule is O=C(NN=Cc1cc(Cl)c(O)c(Cl)c1)c1cc2c(ccc3ccccc32)o1. The Balaban J connectivity index is 1.57. The van der Waals surface area contributed by atoms with Gasteiger partial charge >= 0.3 is 5.91 Å². The molecule has 134 valence electrons. The number of fused-ring (bicyclic) bond motifs is 3. The van der Waals surface area contributed by atoms with Crippen LogP contribution in [-0.4, -0.2) is 17.2 Å². The Morgan fingerprint density at radius 1 is 1.04 bits per heavy atom. The largest absolute Gasteiger partial charge is 0.505 e. The van der Waals surface area contributed by atoms with Gasteiger partial charge in [0.1, 0.15) is 5.58 Å². The van der Waals surface area contributed by atoms with Gasteiger partial charge in [0.05, 0.1) is 16.3 Å². The quantitative estimate of drug-likeness (QED) is 0.360. The van der Waals surface area contributed by atoms with E-state index >= 15 is 0 Å². The number of aromatic hydroxyl groups is 1. The summed E-state index contributed by atoms with van der Waals surface area (Å²) in [5, 5.41) is 16.6. The molecule has 0 radical (unpaired) electrons. The third-order valence-electron chi connectivity index (χ3n) is 4.07. The molecule has 3 aromatic carbocycles. The first-order chi connectivity index (χ1) is 13.0. The van der Waals surface area contributed by atoms with Crippen LogP contribution in [-0.2, 0) is 0 Å². The normalized spacial score (nSPS) is 11.5. The van der Waals surface area contributed by atoms with E-state index in [1.54, 1.807) is 6.07 Å². The number of rotatable bonds is 3. The molecule has 2 N–H and O–H groups in total. The summed E-state index contributed by atoms with van der Waals surface area (Å²) in [6, 6.07) is 16.3. The van der Waals surface area contributed by atoms with Crippen LogP contribution in [0.25, 0.3) is 21.7 Å². The number of carbonyl (C=O) groups excluding carboxylic acids is 1. The van der Waals surface area contributed by atoms with Crippen LogP contribution in [0.4, 0.5) is 0 Å². The Morgan fingerprint density at radius 3 is 2.56 bits per heavy atom. The molecule has 0 atom stereocenters. The van der Waals surface area contributed by atoms with Crippen molar-refractivity contribution in [1.82, 2.24) is 5.43 Å². The minimum absolute atomic E-state index is 0.0967. The predicted molar refractivity (Wildman–Crippen MR) is 107 cm³/mol. The van der Waals surface area contributed by atoms with E-state index in [0.29, 0.717) is 11.1 Å². The van der Waals surface area contributed by atoms with Crippen molar-refractivity contribution in [1.29, 1.82) is 0 Å². The zero-order valence-electron chi connectivity index (χ0n) is 13.7. The van der Waals surface area contributed by atoms with Gasteiger partial charge in [0.25, 0.3) is 0 Å². The van der Waals surface area contributed by atoms with E-state index in [4.69, 9.17) is 27.6 Å². The first kappa shape index (κ1) is 17.4. The van der Waals surface area contributed by atoms with E-state index < -0.39 is 5.91 Å². The average molecular weight is 399 g/mol. The number of amides is 1. The lowest BCUT2D eigenvalue weighted by Crippen LogP contribution is -2.16. The molecule has 0 aliphatic carbocycles. The zero-order chi connectivity index (χ0) is 19.0. The Morgan fingerprint density at radius 2 is 1.78 bits per heavy atom. The maximum atomic E-state index is 12.3. The van der Waals surface area contributed by atoms with Crippen molar-refractivity contribution in [2.75, 3.05) is 0 Å². The Kier molecular flexibility index (Phi) is 4.48. The van der Waals surface area contributed by atoms with Gasteiger partial charge in [-0.05, 0) is 40.6 Å². The number of benzene rings is 3. The van der Waals surface area contributed by atoms with Gasteiger partial charge in [0.2, 0.25) is 0 Å². The summed E-state index contributed by atoms with van der Waals surface area (Å²) in [5.74, 6) is -0.531. The van der Waals surface area contributed by atoms with Crippen LogP contribution in [0, 0.1) is 0 Å². The van der Waals surface area contributed by atoms with Gasteiger partial charge in [-0.25, -0.2) is 5.43 Å². The first-order valence-electron chi connectivity index (χ1n) is 7.95. The standard InChI is InChI=1S/C20H12Cl2N2O3/c21-15-7-11(8-16(22)19(15)25)10-23-24-20(26)18-9-14-13-4-2-1-3-12(13)5-6-17(14)27-18/h1-10,25H,(H,24,26). The van der Waals surface area contributed by atoms with E-state index in [-0.39, 0.29) is 21.6 Å². The summed E-state index contributed by atoms with van der Waals surface area (Å²) in [5.41, 5.74) is 3.55. The van der Waals surface area contributed by atoms with Crippen LogP contribution in [0.1, 0.15) is 16.1 Å². The minimum Gasteiger partial charge on any atom is -0.505 e. The lowest BCUT2D eigenvalue weighted by Gasteiger charge is -2.01. The maximum absolute atomic E-state index is 12.3. The molecule has 7 heteroatoms. The van der Waals surface area contributed by atoms with Crippen LogP contribution in [0.5, 0.6) is 5.75 Å². The topological polar surface area (TPSA) is 74.8 Å². The second-order valence-corrected chi connectivity index (χ2v) is 6.66. The molecule has 0 saturated carbocycles. The van der Waals surface area contributed by atoms with Gasteiger partial charge in [0.15, 0.2) is 11.5 Å². The van der Waals surface area contributed by atoms with Crippen LogP contribution >= 0.6 is 23.2 Å². The molecule has 4 rings (SSSR count). The van der Waals surface area contributed by atoms with Crippen molar-refractivity contribution in [3.63, 3.8) is 0 Å². The highest BCUT2D eigenvalue weighted by Crippen LogP contribution is 2.32. The van der Waals surface area contributed by atoms with E-state index in [1.165, 1.54) is 18.3 Å². The number of phenolic OH excluding ortho intramolecular Hbond substituents is 1. The predicted octanol–water partition coefficient (Wildman–Crippen LogP) is 5.36. The number of hydrazone groups is 1. The van der Waals surface area contributed by atoms with Crippen molar-refractivity contribution in [3.05, 3.63) is 76.0 Å². The minimum atomic E-state index is -0.484. The fraction of sp³-hybridized carbons (Fsp3) is 0. The molecule has 0 spiro atoms. The van der Waals surface area contributed by atoms with Crippen molar-refractivity contribution in [2.45, 2.75) is 0 Å². The van der Waals surface area contributed by atoms with E-state index in [1.807, 2.05) is 36.4 Å². The van der Waals surface area contributed by atoms with Gasteiger partial charge in [-0.1, -0.05) is 53.5 Å². The molecule has 0 saturated heterocycles. The third-order valence-corrected chi connectivity index (χ3v) is 4.64. The molecule has 0 aliphatic rings. The fourth-order valence-corrected chi connectivity index (χ4v) is 3.29. The first-order valence-corrected chi connectivity index (χ1v) is 8.71. The Labute approximate surface area is 163 Å². The summed E-state index contributed by atoms with van der Waals surface area (Å²) in [6.07, 6.45) is 1.37. The third kappa shape index (κ3) is 3.35. The highest BCUT2D eigenvalue weighted by molar-refractivity contribution is 6.37. The average Bonchev–Trinajstić information content (AvgIpc) is 3.11. The number of furan rings is 1. The van der Waals surface area contributed by atoms with Crippen LogP contribution in [0.3, 0.4) is 0 Å². The van der Waals surface area contributed by atoms with Gasteiger partial charge in [-0.3, -0.25) is 4.79 Å². The summed E-state index contributed by atoms with van der Waals surface area (Å²) in [4.78, 5) is 12.3. The van der Waals surface area contributed by atoms with Crippen molar-refractivity contribution in [2.24, 2.45) is 5.10 Å². The van der Waals surface area contributed by atoms with Crippen molar-refractivity contribution < 1.29 is 14.3 Å². The molecule has 1 aromatic heterocycles. The number of carbonyl (C=O) groups is 1. The van der Waals surface area contributed by atoms with E-state index in [9.17, 15) is 9.90 Å². The highest BCUT2D eigenvalue weighted by Gasteiger charge is 2.13. The van der Waals surface area contributed by atoms with Crippen LogP contribution in [0.2, 0.25) is 10.0 Å². The number of phenols is 1. The molecule has 4 aromatic rings. The maximum Gasteiger partial charge on any atom is 0.307 e. The second-order valence-electron chi connectivity index (χ2n) is 5.84. The van der Waals surface area contributed by atoms with Gasteiger partial charge in [-0.2, -0.15) is 5.10 Å². The van der Waals surface area contributed by atoms with E-state index in [2.05, 4.69) is 10.5 Å². The molecule has 27 heavy (non-hydrogen) atoms. The second kappa shape index (κ2) is 6.95. The van der Waals surface area contributed by atoms with E-state index in [0.717, 1.165) is 16.2 Å². The summed E-state index contributed by atoms with van der Waals surface area (Å²) >= 11 is 11.7. The molecule has 0 unspecified atom stereocenters. The number of hydrogen-bond acceptors (Lipinski definition) is 4. The molecule has 0 fully saturated rings. The van der Waals surface area contributed by atoms with Crippen molar-refractivity contribution >= 4 is 57.1 Å². The fourth-order valence-electron chi connectivity index (χ4n) is 2.78. The number of nitrogens with one attached hydrogen (secondary N) is 1. The highest BCUT2D eigenvalue weighted by atomic mass is 35.5. The summed E-state index contributed by atoms with van der Waals surface area (Å²) < 4.78 is 5.63. The lowest BCUT2D eigenvalue weighted by molar-refractivity contribution is 0.0929.